The van der Waals surface area contributed by atoms with Crippen LogP contribution in [-0.4, -0.2) is 41.5 Å². The molecule has 1 saturated heterocycles. The average molecular weight is 368 g/mol. The van der Waals surface area contributed by atoms with Crippen molar-refractivity contribution in [1.29, 1.82) is 0 Å². The van der Waals surface area contributed by atoms with Crippen molar-refractivity contribution in [2.75, 3.05) is 29.9 Å². The first-order valence-corrected chi connectivity index (χ1v) is 9.35. The highest BCUT2D eigenvalue weighted by Crippen LogP contribution is 2.22. The molecule has 1 heterocycles. The summed E-state index contributed by atoms with van der Waals surface area (Å²) in [7, 11) is 0. The highest BCUT2D eigenvalue weighted by atomic mass is 32.1. The van der Waals surface area contributed by atoms with Crippen LogP contribution in [0.1, 0.15) is 29.8 Å². The van der Waals surface area contributed by atoms with E-state index in [0.717, 1.165) is 25.3 Å². The Labute approximate surface area is 160 Å². The fraction of sp³-hybridized carbons (Fsp3) is 0.333. The number of hydrogen-bond donors (Lipinski definition) is 1. The molecule has 1 N–H and O–H groups in total. The molecular formula is C21H25N3OS. The minimum Gasteiger partial charge on any atom is -0.365 e. The molecule has 4 nitrogen and oxygen atoms in total. The van der Waals surface area contributed by atoms with Crippen molar-refractivity contribution >= 4 is 34.5 Å². The lowest BCUT2D eigenvalue weighted by atomic mass is 10.1. The molecule has 1 aliphatic heterocycles. The van der Waals surface area contributed by atoms with Crippen molar-refractivity contribution in [3.8, 4) is 0 Å². The smallest absolute Gasteiger partial charge is 0.173 e. The zero-order valence-corrected chi connectivity index (χ0v) is 16.3. The molecule has 0 bridgehead atoms. The Morgan fingerprint density at radius 1 is 1.15 bits per heavy atom. The molecular weight excluding hydrogens is 342 g/mol. The number of rotatable bonds is 3. The summed E-state index contributed by atoms with van der Waals surface area (Å²) in [5.41, 5.74) is 4.08. The monoisotopic (exact) mass is 367 g/mol. The second-order valence-corrected chi connectivity index (χ2v) is 7.28. The summed E-state index contributed by atoms with van der Waals surface area (Å²) in [6, 6.07) is 16.5. The lowest BCUT2D eigenvalue weighted by Crippen LogP contribution is -2.54. The molecule has 0 saturated carbocycles. The number of thiocarbonyl (C=S) groups is 1. The van der Waals surface area contributed by atoms with Gasteiger partial charge in [0.15, 0.2) is 10.9 Å². The number of aryl methyl sites for hydroxylation is 1. The van der Waals surface area contributed by atoms with Gasteiger partial charge in [-0.05, 0) is 57.3 Å². The van der Waals surface area contributed by atoms with Crippen LogP contribution >= 0.6 is 12.2 Å². The number of piperazine rings is 1. The fourth-order valence-corrected chi connectivity index (χ4v) is 3.56. The number of carbonyl (C=O) groups excluding carboxylic acids is 1. The minimum atomic E-state index is 0.0555. The summed E-state index contributed by atoms with van der Waals surface area (Å²) < 4.78 is 0. The molecule has 1 aliphatic rings. The summed E-state index contributed by atoms with van der Waals surface area (Å²) in [4.78, 5) is 16.2. The predicted molar refractivity (Wildman–Crippen MR) is 112 cm³/mol. The van der Waals surface area contributed by atoms with E-state index in [1.807, 2.05) is 24.3 Å². The Balaban J connectivity index is 1.63. The van der Waals surface area contributed by atoms with Crippen molar-refractivity contribution in [2.24, 2.45) is 0 Å². The molecule has 0 aliphatic carbocycles. The number of Topliss-reactive ketones (excluding diaryl/α,β-unsaturated/α-hetero) is 1. The van der Waals surface area contributed by atoms with Crippen molar-refractivity contribution in [3.05, 3.63) is 59.7 Å². The van der Waals surface area contributed by atoms with Crippen molar-refractivity contribution in [2.45, 2.75) is 26.8 Å². The van der Waals surface area contributed by atoms with Crippen molar-refractivity contribution in [1.82, 2.24) is 4.90 Å². The number of anilines is 2. The second-order valence-electron chi connectivity index (χ2n) is 6.89. The maximum Gasteiger partial charge on any atom is 0.173 e. The molecule has 0 amide bonds. The molecule has 3 rings (SSSR count). The highest BCUT2D eigenvalue weighted by Gasteiger charge is 2.25. The van der Waals surface area contributed by atoms with Crippen LogP contribution in [0.4, 0.5) is 11.4 Å². The molecule has 0 aromatic heterocycles. The van der Waals surface area contributed by atoms with E-state index < -0.39 is 0 Å². The summed E-state index contributed by atoms with van der Waals surface area (Å²) in [6.07, 6.45) is 0. The molecule has 26 heavy (non-hydrogen) atoms. The Morgan fingerprint density at radius 2 is 1.88 bits per heavy atom. The first kappa shape index (κ1) is 18.4. The molecule has 2 aromatic carbocycles. The fourth-order valence-electron chi connectivity index (χ4n) is 3.28. The van der Waals surface area contributed by atoms with Gasteiger partial charge in [-0.3, -0.25) is 4.79 Å². The predicted octanol–water partition coefficient (Wildman–Crippen LogP) is 4.11. The maximum absolute atomic E-state index is 11.5. The topological polar surface area (TPSA) is 35.6 Å². The van der Waals surface area contributed by atoms with E-state index in [2.05, 4.69) is 53.2 Å². The quantitative estimate of drug-likeness (QED) is 0.653. The van der Waals surface area contributed by atoms with E-state index in [-0.39, 0.29) is 5.78 Å². The molecule has 5 heteroatoms. The first-order valence-electron chi connectivity index (χ1n) is 8.94. The molecule has 0 spiro atoms. The summed E-state index contributed by atoms with van der Waals surface area (Å²) >= 11 is 5.60. The largest absolute Gasteiger partial charge is 0.365 e. The average Bonchev–Trinajstić information content (AvgIpc) is 2.62. The van der Waals surface area contributed by atoms with Crippen LogP contribution in [0.3, 0.4) is 0 Å². The van der Waals surface area contributed by atoms with Crippen LogP contribution in [0.2, 0.25) is 0 Å². The highest BCUT2D eigenvalue weighted by molar-refractivity contribution is 7.80. The first-order chi connectivity index (χ1) is 12.4. The normalized spacial score (nSPS) is 17.1. The second kappa shape index (κ2) is 7.87. The standard InChI is InChI=1S/C21H25N3OS/c1-15-7-9-20(10-8-15)24-12-11-23(14-16(24)2)21(26)22-19-6-4-5-18(13-19)17(3)25/h4-10,13,16H,11-12,14H2,1-3H3,(H,22,26)/t16-/m1/s1. The van der Waals surface area contributed by atoms with Gasteiger partial charge in [0.25, 0.3) is 0 Å². The van der Waals surface area contributed by atoms with E-state index in [4.69, 9.17) is 12.2 Å². The van der Waals surface area contributed by atoms with E-state index in [1.54, 1.807) is 6.92 Å². The Morgan fingerprint density at radius 3 is 2.54 bits per heavy atom. The van der Waals surface area contributed by atoms with Crippen LogP contribution in [-0.2, 0) is 0 Å². The molecule has 2 aromatic rings. The lowest BCUT2D eigenvalue weighted by molar-refractivity contribution is 0.101. The third-order valence-electron chi connectivity index (χ3n) is 4.80. The van der Waals surface area contributed by atoms with E-state index in [9.17, 15) is 4.79 Å². The number of benzene rings is 2. The van der Waals surface area contributed by atoms with Gasteiger partial charge in [0, 0.05) is 42.6 Å². The number of hydrogen-bond acceptors (Lipinski definition) is 3. The molecule has 136 valence electrons. The van der Waals surface area contributed by atoms with E-state index in [0.29, 0.717) is 16.7 Å². The third kappa shape index (κ3) is 4.22. The van der Waals surface area contributed by atoms with Gasteiger partial charge >= 0.3 is 0 Å². The number of ketones is 1. The van der Waals surface area contributed by atoms with Gasteiger partial charge in [0.05, 0.1) is 0 Å². The van der Waals surface area contributed by atoms with Gasteiger partial charge in [-0.15, -0.1) is 0 Å². The van der Waals surface area contributed by atoms with Crippen LogP contribution in [0, 0.1) is 6.92 Å². The lowest BCUT2D eigenvalue weighted by Gasteiger charge is -2.42. The SMILES string of the molecule is CC(=O)c1cccc(NC(=S)N2CCN(c3ccc(C)cc3)[C@H](C)C2)c1. The van der Waals surface area contributed by atoms with Crippen LogP contribution in [0.5, 0.6) is 0 Å². The Kier molecular flexibility index (Phi) is 5.57. The van der Waals surface area contributed by atoms with Gasteiger partial charge in [-0.1, -0.05) is 29.8 Å². The Bertz CT molecular complexity index is 803. The molecule has 0 radical (unpaired) electrons. The summed E-state index contributed by atoms with van der Waals surface area (Å²) in [5, 5.41) is 3.99. The van der Waals surface area contributed by atoms with Gasteiger partial charge in [0.2, 0.25) is 0 Å². The zero-order chi connectivity index (χ0) is 18.7. The number of nitrogens with zero attached hydrogens (tertiary/aromatic N) is 2. The molecule has 1 atom stereocenters. The van der Waals surface area contributed by atoms with Crippen LogP contribution in [0.25, 0.3) is 0 Å². The minimum absolute atomic E-state index is 0.0555. The van der Waals surface area contributed by atoms with Crippen molar-refractivity contribution in [3.63, 3.8) is 0 Å². The third-order valence-corrected chi connectivity index (χ3v) is 5.16. The zero-order valence-electron chi connectivity index (χ0n) is 15.5. The van der Waals surface area contributed by atoms with Gasteiger partial charge in [0.1, 0.15) is 0 Å². The number of carbonyl (C=O) groups is 1. The van der Waals surface area contributed by atoms with Gasteiger partial charge in [-0.2, -0.15) is 0 Å². The number of nitrogens with one attached hydrogen (secondary N) is 1. The summed E-state index contributed by atoms with van der Waals surface area (Å²) in [6.45, 7) is 8.58. The van der Waals surface area contributed by atoms with Gasteiger partial charge < -0.3 is 15.1 Å². The van der Waals surface area contributed by atoms with Crippen LogP contribution < -0.4 is 10.2 Å². The van der Waals surface area contributed by atoms with Crippen LogP contribution in [0.15, 0.2) is 48.5 Å². The van der Waals surface area contributed by atoms with Crippen molar-refractivity contribution < 1.29 is 4.79 Å². The van der Waals surface area contributed by atoms with E-state index in [1.165, 1.54) is 11.3 Å². The van der Waals surface area contributed by atoms with Gasteiger partial charge in [-0.25, -0.2) is 0 Å². The van der Waals surface area contributed by atoms with E-state index >= 15 is 0 Å². The summed E-state index contributed by atoms with van der Waals surface area (Å²) in [5.74, 6) is 0.0555. The molecule has 0 unspecified atom stereocenters. The molecule has 1 fully saturated rings. The maximum atomic E-state index is 11.5. The Hall–Kier alpha value is -2.40.